The molecule has 5 nitrogen and oxygen atoms in total. The zero-order valence-electron chi connectivity index (χ0n) is 17.1. The van der Waals surface area contributed by atoms with E-state index in [9.17, 15) is 18.3 Å². The number of nitrogens with one attached hydrogen (secondary N) is 1. The maximum Gasteiger partial charge on any atom is 0.401 e. The first-order chi connectivity index (χ1) is 12.7. The molecule has 0 bridgehead atoms. The molecule has 1 heterocycles. The maximum atomic E-state index is 12.7. The summed E-state index contributed by atoms with van der Waals surface area (Å²) in [7, 11) is 0. The van der Waals surface area contributed by atoms with Crippen molar-refractivity contribution in [3.63, 3.8) is 0 Å². The van der Waals surface area contributed by atoms with Gasteiger partial charge in [-0.2, -0.15) is 13.2 Å². The van der Waals surface area contributed by atoms with E-state index in [0.29, 0.717) is 26.2 Å². The van der Waals surface area contributed by atoms with Gasteiger partial charge < -0.3 is 15.3 Å². The van der Waals surface area contributed by atoms with Crippen LogP contribution in [0.4, 0.5) is 13.2 Å². The summed E-state index contributed by atoms with van der Waals surface area (Å²) in [5, 5.41) is 14.0. The molecule has 1 aliphatic heterocycles. The first-order valence-corrected chi connectivity index (χ1v) is 10.3. The third-order valence-corrected chi connectivity index (χ3v) is 5.59. The molecule has 1 unspecified atom stereocenters. The first-order valence-electron chi connectivity index (χ1n) is 10.3. The average Bonchev–Trinajstić information content (AvgIpc) is 3.06. The van der Waals surface area contributed by atoms with Crippen LogP contribution in [0, 0.1) is 5.92 Å². The SMILES string of the molecule is CCNC(=NCC1(O)CCCCC1)N1CCC(CN(CC)CC(F)(F)F)C1.I. The standard InChI is InChI=1S/C19H35F3N4O.HI/c1-3-23-17(24-14-18(27)9-6-5-7-10-18)26-11-8-16(13-26)12-25(4-2)15-19(20,21)22;/h16,27H,3-15H2,1-2H3,(H,23,24);1H. The van der Waals surface area contributed by atoms with Gasteiger partial charge in [-0.25, -0.2) is 0 Å². The van der Waals surface area contributed by atoms with Gasteiger partial charge in [0.2, 0.25) is 0 Å². The van der Waals surface area contributed by atoms with E-state index in [1.807, 2.05) is 6.92 Å². The summed E-state index contributed by atoms with van der Waals surface area (Å²) >= 11 is 0. The Labute approximate surface area is 184 Å². The summed E-state index contributed by atoms with van der Waals surface area (Å²) < 4.78 is 38.0. The van der Waals surface area contributed by atoms with Crippen molar-refractivity contribution >= 4 is 29.9 Å². The van der Waals surface area contributed by atoms with E-state index in [4.69, 9.17) is 0 Å². The Bertz CT molecular complexity index is 484. The molecule has 0 amide bonds. The second-order valence-electron chi connectivity index (χ2n) is 8.00. The number of rotatable bonds is 7. The van der Waals surface area contributed by atoms with Crippen molar-refractivity contribution in [1.29, 1.82) is 0 Å². The van der Waals surface area contributed by atoms with Crippen LogP contribution in [0.15, 0.2) is 4.99 Å². The quantitative estimate of drug-likeness (QED) is 0.307. The van der Waals surface area contributed by atoms with Crippen LogP contribution in [-0.2, 0) is 0 Å². The number of likely N-dealkylation sites (tertiary alicyclic amines) is 1. The highest BCUT2D eigenvalue weighted by Gasteiger charge is 2.33. The smallest absolute Gasteiger partial charge is 0.388 e. The van der Waals surface area contributed by atoms with Crippen LogP contribution in [0.25, 0.3) is 0 Å². The number of aliphatic imine (C=N–C) groups is 1. The first kappa shape index (κ1) is 25.7. The van der Waals surface area contributed by atoms with Gasteiger partial charge in [-0.3, -0.25) is 9.89 Å². The van der Waals surface area contributed by atoms with Crippen molar-refractivity contribution in [3.05, 3.63) is 0 Å². The summed E-state index contributed by atoms with van der Waals surface area (Å²) in [5.41, 5.74) is -0.705. The highest BCUT2D eigenvalue weighted by atomic mass is 127. The summed E-state index contributed by atoms with van der Waals surface area (Å²) in [5.74, 6) is 0.979. The van der Waals surface area contributed by atoms with Gasteiger partial charge >= 0.3 is 6.18 Å². The maximum absolute atomic E-state index is 12.7. The molecule has 0 spiro atoms. The molecule has 1 saturated carbocycles. The Morgan fingerprint density at radius 2 is 1.93 bits per heavy atom. The molecule has 2 rings (SSSR count). The second-order valence-corrected chi connectivity index (χ2v) is 8.00. The lowest BCUT2D eigenvalue weighted by atomic mass is 9.85. The van der Waals surface area contributed by atoms with Crippen molar-refractivity contribution in [2.45, 2.75) is 64.1 Å². The topological polar surface area (TPSA) is 51.1 Å². The molecular weight excluding hydrogens is 484 g/mol. The monoisotopic (exact) mass is 520 g/mol. The Morgan fingerprint density at radius 1 is 1.25 bits per heavy atom. The lowest BCUT2D eigenvalue weighted by Gasteiger charge is -2.31. The van der Waals surface area contributed by atoms with Gasteiger partial charge in [0.25, 0.3) is 0 Å². The second kappa shape index (κ2) is 11.8. The molecule has 166 valence electrons. The van der Waals surface area contributed by atoms with Crippen LogP contribution in [0.5, 0.6) is 0 Å². The van der Waals surface area contributed by atoms with Crippen molar-refractivity contribution in [2.24, 2.45) is 10.9 Å². The summed E-state index contributed by atoms with van der Waals surface area (Å²) in [6, 6.07) is 0. The summed E-state index contributed by atoms with van der Waals surface area (Å²) in [6.07, 6.45) is 1.55. The van der Waals surface area contributed by atoms with E-state index < -0.39 is 18.3 Å². The molecular formula is C19H36F3IN4O. The molecule has 2 aliphatic rings. The molecule has 9 heteroatoms. The Hall–Kier alpha value is -0.290. The van der Waals surface area contributed by atoms with Gasteiger partial charge in [0, 0.05) is 26.2 Å². The van der Waals surface area contributed by atoms with Crippen LogP contribution in [-0.4, -0.2) is 78.5 Å². The van der Waals surface area contributed by atoms with Crippen molar-refractivity contribution in [2.75, 3.05) is 45.8 Å². The van der Waals surface area contributed by atoms with E-state index in [1.165, 1.54) is 11.3 Å². The van der Waals surface area contributed by atoms with Gasteiger partial charge in [0.15, 0.2) is 5.96 Å². The number of alkyl halides is 3. The zero-order chi connectivity index (χ0) is 19.9. The highest BCUT2D eigenvalue weighted by Crippen LogP contribution is 2.28. The minimum atomic E-state index is -4.15. The number of guanidine groups is 1. The Balaban J connectivity index is 0.00000392. The van der Waals surface area contributed by atoms with Crippen LogP contribution >= 0.6 is 24.0 Å². The highest BCUT2D eigenvalue weighted by molar-refractivity contribution is 14.0. The lowest BCUT2D eigenvalue weighted by molar-refractivity contribution is -0.146. The van der Waals surface area contributed by atoms with Gasteiger partial charge in [0.05, 0.1) is 18.7 Å². The fourth-order valence-electron chi connectivity index (χ4n) is 4.11. The minimum Gasteiger partial charge on any atom is -0.388 e. The van der Waals surface area contributed by atoms with E-state index in [0.717, 1.165) is 51.2 Å². The number of aliphatic hydroxyl groups is 1. The number of hydrogen-bond donors (Lipinski definition) is 2. The Morgan fingerprint density at radius 3 is 2.50 bits per heavy atom. The predicted molar refractivity (Wildman–Crippen MR) is 117 cm³/mol. The van der Waals surface area contributed by atoms with Crippen LogP contribution in [0.3, 0.4) is 0 Å². The van der Waals surface area contributed by atoms with Crippen molar-refractivity contribution < 1.29 is 18.3 Å². The van der Waals surface area contributed by atoms with E-state index in [-0.39, 0.29) is 29.9 Å². The fraction of sp³-hybridized carbons (Fsp3) is 0.947. The molecule has 1 atom stereocenters. The summed E-state index contributed by atoms with van der Waals surface area (Å²) in [4.78, 5) is 8.27. The van der Waals surface area contributed by atoms with Gasteiger partial charge in [-0.15, -0.1) is 24.0 Å². The van der Waals surface area contributed by atoms with E-state index >= 15 is 0 Å². The number of hydrogen-bond acceptors (Lipinski definition) is 3. The Kier molecular flexibility index (Phi) is 10.8. The fourth-order valence-corrected chi connectivity index (χ4v) is 4.11. The van der Waals surface area contributed by atoms with Gasteiger partial charge in [-0.1, -0.05) is 26.2 Å². The zero-order valence-corrected chi connectivity index (χ0v) is 19.4. The van der Waals surface area contributed by atoms with E-state index in [2.05, 4.69) is 15.2 Å². The minimum absolute atomic E-state index is 0. The largest absolute Gasteiger partial charge is 0.401 e. The third kappa shape index (κ3) is 8.61. The molecule has 1 saturated heterocycles. The van der Waals surface area contributed by atoms with Crippen LogP contribution in [0.1, 0.15) is 52.4 Å². The molecule has 0 radical (unpaired) electrons. The molecule has 0 aromatic heterocycles. The molecule has 28 heavy (non-hydrogen) atoms. The van der Waals surface area contributed by atoms with Crippen LogP contribution < -0.4 is 5.32 Å². The molecule has 0 aromatic carbocycles. The van der Waals surface area contributed by atoms with E-state index in [1.54, 1.807) is 6.92 Å². The number of halogens is 4. The lowest BCUT2D eigenvalue weighted by Crippen LogP contribution is -2.43. The van der Waals surface area contributed by atoms with Crippen molar-refractivity contribution in [1.82, 2.24) is 15.1 Å². The molecule has 0 aromatic rings. The van der Waals surface area contributed by atoms with Gasteiger partial charge in [0.1, 0.15) is 0 Å². The van der Waals surface area contributed by atoms with Crippen molar-refractivity contribution in [3.8, 4) is 0 Å². The molecule has 2 fully saturated rings. The van der Waals surface area contributed by atoms with Crippen LogP contribution in [0.2, 0.25) is 0 Å². The third-order valence-electron chi connectivity index (χ3n) is 5.59. The molecule has 1 aliphatic carbocycles. The predicted octanol–water partition coefficient (Wildman–Crippen LogP) is 3.47. The number of nitrogens with zero attached hydrogens (tertiary/aromatic N) is 3. The normalized spacial score (nSPS) is 23.0. The van der Waals surface area contributed by atoms with Gasteiger partial charge in [-0.05, 0) is 38.6 Å². The molecule has 2 N–H and O–H groups in total. The average molecular weight is 520 g/mol. The summed E-state index contributed by atoms with van der Waals surface area (Å²) in [6.45, 7) is 6.40.